The van der Waals surface area contributed by atoms with Gasteiger partial charge in [0.05, 0.1) is 6.10 Å². The van der Waals surface area contributed by atoms with E-state index < -0.39 is 11.6 Å². The van der Waals surface area contributed by atoms with E-state index in [0.717, 1.165) is 25.8 Å². The molecule has 0 amide bonds. The first-order valence-corrected chi connectivity index (χ1v) is 7.04. The number of nitrogens with one attached hydrogen (secondary N) is 1. The zero-order chi connectivity index (χ0) is 13.9. The number of rotatable bonds is 3. The maximum Gasteiger partial charge on any atom is 0.446 e. The average Bonchev–Trinajstić information content (AvgIpc) is 2.38. The largest absolute Gasteiger partial charge is 0.446 e. The molecule has 106 valence electrons. The number of benzene rings is 1. The molecule has 6 heteroatoms. The number of halogens is 3. The van der Waals surface area contributed by atoms with Crippen LogP contribution in [-0.4, -0.2) is 23.2 Å². The molecular formula is C13H16F3NOS. The second-order valence-corrected chi connectivity index (χ2v) is 5.76. The summed E-state index contributed by atoms with van der Waals surface area (Å²) in [5.74, 6) is 0. The summed E-state index contributed by atoms with van der Waals surface area (Å²) in [6.07, 6.45) is 2.40. The standard InChI is InChI=1S/C13H16F3NOS/c14-13(15,16)19-10-6-4-9(5-7-10)12(18)11-3-1-2-8-17-11/h4-7,11-12,17-18H,1-3,8H2. The first-order valence-electron chi connectivity index (χ1n) is 6.23. The van der Waals surface area contributed by atoms with Gasteiger partial charge in [-0.25, -0.2) is 0 Å². The van der Waals surface area contributed by atoms with Crippen molar-refractivity contribution in [2.75, 3.05) is 6.54 Å². The Morgan fingerprint density at radius 3 is 2.42 bits per heavy atom. The molecule has 0 saturated carbocycles. The molecule has 1 saturated heterocycles. The maximum atomic E-state index is 12.2. The van der Waals surface area contributed by atoms with Crippen molar-refractivity contribution in [2.45, 2.75) is 41.8 Å². The van der Waals surface area contributed by atoms with Gasteiger partial charge in [-0.05, 0) is 48.8 Å². The highest BCUT2D eigenvalue weighted by Crippen LogP contribution is 2.37. The lowest BCUT2D eigenvalue weighted by molar-refractivity contribution is -0.0328. The number of hydrogen-bond acceptors (Lipinski definition) is 3. The number of thioether (sulfide) groups is 1. The van der Waals surface area contributed by atoms with Gasteiger partial charge in [0.1, 0.15) is 0 Å². The summed E-state index contributed by atoms with van der Waals surface area (Å²) in [6, 6.07) is 5.93. The Morgan fingerprint density at radius 1 is 1.21 bits per heavy atom. The molecule has 0 spiro atoms. The van der Waals surface area contributed by atoms with E-state index in [-0.39, 0.29) is 22.7 Å². The van der Waals surface area contributed by atoms with Gasteiger partial charge < -0.3 is 10.4 Å². The van der Waals surface area contributed by atoms with Crippen molar-refractivity contribution in [3.05, 3.63) is 29.8 Å². The molecule has 0 bridgehead atoms. The molecule has 1 fully saturated rings. The van der Waals surface area contributed by atoms with Gasteiger partial charge in [0, 0.05) is 10.9 Å². The summed E-state index contributed by atoms with van der Waals surface area (Å²) < 4.78 is 36.6. The van der Waals surface area contributed by atoms with Crippen molar-refractivity contribution in [1.82, 2.24) is 5.32 Å². The smallest absolute Gasteiger partial charge is 0.387 e. The van der Waals surface area contributed by atoms with Crippen LogP contribution in [0.1, 0.15) is 30.9 Å². The Kier molecular flexibility index (Phi) is 4.76. The summed E-state index contributed by atoms with van der Waals surface area (Å²) >= 11 is -0.141. The van der Waals surface area contributed by atoms with Gasteiger partial charge >= 0.3 is 5.51 Å². The lowest BCUT2D eigenvalue weighted by Gasteiger charge is -2.28. The Balaban J connectivity index is 2.01. The van der Waals surface area contributed by atoms with Crippen LogP contribution in [0, 0.1) is 0 Å². The van der Waals surface area contributed by atoms with Crippen LogP contribution in [-0.2, 0) is 0 Å². The minimum absolute atomic E-state index is 0.00475. The quantitative estimate of drug-likeness (QED) is 0.836. The Hall–Kier alpha value is -0.720. The first kappa shape index (κ1) is 14.7. The third kappa shape index (κ3) is 4.40. The van der Waals surface area contributed by atoms with Crippen LogP contribution in [0.2, 0.25) is 0 Å². The molecule has 2 rings (SSSR count). The highest BCUT2D eigenvalue weighted by atomic mass is 32.2. The molecule has 2 atom stereocenters. The lowest BCUT2D eigenvalue weighted by Crippen LogP contribution is -2.38. The van der Waals surface area contributed by atoms with Crippen LogP contribution in [0.4, 0.5) is 13.2 Å². The molecule has 2 nitrogen and oxygen atoms in total. The molecule has 0 aromatic heterocycles. The van der Waals surface area contributed by atoms with Gasteiger partial charge in [-0.1, -0.05) is 18.6 Å². The third-order valence-electron chi connectivity index (χ3n) is 3.18. The molecule has 19 heavy (non-hydrogen) atoms. The van der Waals surface area contributed by atoms with Gasteiger partial charge in [-0.15, -0.1) is 0 Å². The number of aliphatic hydroxyl groups excluding tert-OH is 1. The van der Waals surface area contributed by atoms with E-state index in [1.54, 1.807) is 12.1 Å². The van der Waals surface area contributed by atoms with Crippen LogP contribution >= 0.6 is 11.8 Å². The van der Waals surface area contributed by atoms with Crippen LogP contribution in [0.5, 0.6) is 0 Å². The predicted octanol–water partition coefficient (Wildman–Crippen LogP) is 3.47. The van der Waals surface area contributed by atoms with E-state index in [1.165, 1.54) is 12.1 Å². The van der Waals surface area contributed by atoms with Gasteiger partial charge in [0.2, 0.25) is 0 Å². The fraction of sp³-hybridized carbons (Fsp3) is 0.538. The molecular weight excluding hydrogens is 275 g/mol. The summed E-state index contributed by atoms with van der Waals surface area (Å²) in [4.78, 5) is 0.139. The minimum Gasteiger partial charge on any atom is -0.387 e. The maximum absolute atomic E-state index is 12.2. The summed E-state index contributed by atoms with van der Waals surface area (Å²) in [7, 11) is 0. The molecule has 1 heterocycles. The van der Waals surface area contributed by atoms with Crippen LogP contribution in [0.3, 0.4) is 0 Å². The van der Waals surface area contributed by atoms with Gasteiger partial charge in [-0.3, -0.25) is 0 Å². The van der Waals surface area contributed by atoms with Crippen molar-refractivity contribution < 1.29 is 18.3 Å². The molecule has 1 aliphatic rings. The number of hydrogen-bond donors (Lipinski definition) is 2. The topological polar surface area (TPSA) is 32.3 Å². The third-order valence-corrected chi connectivity index (χ3v) is 3.92. The fourth-order valence-corrected chi connectivity index (χ4v) is 2.79. The molecule has 0 aliphatic carbocycles. The number of aliphatic hydroxyl groups is 1. The van der Waals surface area contributed by atoms with Gasteiger partial charge in [0.15, 0.2) is 0 Å². The van der Waals surface area contributed by atoms with Crippen molar-refractivity contribution in [3.63, 3.8) is 0 Å². The van der Waals surface area contributed by atoms with E-state index in [2.05, 4.69) is 5.32 Å². The van der Waals surface area contributed by atoms with E-state index >= 15 is 0 Å². The first-order chi connectivity index (χ1) is 8.96. The molecule has 2 unspecified atom stereocenters. The number of piperidine rings is 1. The molecule has 1 aromatic rings. The van der Waals surface area contributed by atoms with E-state index in [1.807, 2.05) is 0 Å². The zero-order valence-electron chi connectivity index (χ0n) is 10.3. The van der Waals surface area contributed by atoms with Gasteiger partial charge in [-0.2, -0.15) is 13.2 Å². The Bertz CT molecular complexity index is 401. The average molecular weight is 291 g/mol. The van der Waals surface area contributed by atoms with Crippen molar-refractivity contribution >= 4 is 11.8 Å². The van der Waals surface area contributed by atoms with E-state index in [4.69, 9.17) is 0 Å². The zero-order valence-corrected chi connectivity index (χ0v) is 11.1. The van der Waals surface area contributed by atoms with Gasteiger partial charge in [0.25, 0.3) is 0 Å². The second-order valence-electron chi connectivity index (χ2n) is 4.62. The van der Waals surface area contributed by atoms with Crippen molar-refractivity contribution in [1.29, 1.82) is 0 Å². The fourth-order valence-electron chi connectivity index (χ4n) is 2.25. The minimum atomic E-state index is -4.27. The Morgan fingerprint density at radius 2 is 1.89 bits per heavy atom. The molecule has 0 radical (unpaired) electrons. The van der Waals surface area contributed by atoms with Crippen molar-refractivity contribution in [3.8, 4) is 0 Å². The summed E-state index contributed by atoms with van der Waals surface area (Å²) in [5, 5.41) is 13.4. The lowest BCUT2D eigenvalue weighted by atomic mass is 9.95. The Labute approximate surface area is 114 Å². The highest BCUT2D eigenvalue weighted by molar-refractivity contribution is 8.00. The van der Waals surface area contributed by atoms with Crippen LogP contribution < -0.4 is 5.32 Å². The molecule has 2 N–H and O–H groups in total. The van der Waals surface area contributed by atoms with Crippen molar-refractivity contribution in [2.24, 2.45) is 0 Å². The summed E-state index contributed by atoms with van der Waals surface area (Å²) in [6.45, 7) is 0.879. The van der Waals surface area contributed by atoms with E-state index in [0.29, 0.717) is 5.56 Å². The SMILES string of the molecule is OC(c1ccc(SC(F)(F)F)cc1)C1CCCCN1. The molecule has 1 aliphatic heterocycles. The predicted molar refractivity (Wildman–Crippen MR) is 69.0 cm³/mol. The summed E-state index contributed by atoms with van der Waals surface area (Å²) in [5.41, 5.74) is -3.61. The molecule has 1 aromatic carbocycles. The van der Waals surface area contributed by atoms with E-state index in [9.17, 15) is 18.3 Å². The normalized spacial score (nSPS) is 22.2. The highest BCUT2D eigenvalue weighted by Gasteiger charge is 2.29. The van der Waals surface area contributed by atoms with Crippen LogP contribution in [0.15, 0.2) is 29.2 Å². The monoisotopic (exact) mass is 291 g/mol. The van der Waals surface area contributed by atoms with Crippen LogP contribution in [0.25, 0.3) is 0 Å². The second kappa shape index (κ2) is 6.15. The number of alkyl halides is 3.